The average molecular weight is 522 g/mol. The van der Waals surface area contributed by atoms with Crippen LogP contribution in [-0.2, 0) is 14.2 Å². The Morgan fingerprint density at radius 1 is 1.03 bits per heavy atom. The quantitative estimate of drug-likeness (QED) is 0.472. The lowest BCUT2D eigenvalue weighted by Crippen LogP contribution is -2.43. The maximum Gasteiger partial charge on any atom is 0.318 e. The number of aromatic nitrogens is 4. The highest BCUT2D eigenvalue weighted by Gasteiger charge is 2.38. The van der Waals surface area contributed by atoms with Crippen molar-refractivity contribution in [1.29, 1.82) is 0 Å². The summed E-state index contributed by atoms with van der Waals surface area (Å²) in [5.41, 5.74) is 2.41. The molecule has 202 valence electrons. The van der Waals surface area contributed by atoms with Crippen LogP contribution in [0.25, 0.3) is 22.4 Å². The van der Waals surface area contributed by atoms with Gasteiger partial charge in [-0.15, -0.1) is 0 Å². The second kappa shape index (κ2) is 10.1. The van der Waals surface area contributed by atoms with Crippen molar-refractivity contribution in [2.45, 2.75) is 62.6 Å². The van der Waals surface area contributed by atoms with Gasteiger partial charge < -0.3 is 29.7 Å². The molecule has 2 bridgehead atoms. The molecular weight excluding hydrogens is 486 g/mol. The molecule has 6 rings (SSSR count). The van der Waals surface area contributed by atoms with Gasteiger partial charge in [0.2, 0.25) is 0 Å². The van der Waals surface area contributed by atoms with Gasteiger partial charge in [0.1, 0.15) is 5.82 Å². The summed E-state index contributed by atoms with van der Waals surface area (Å²) in [7, 11) is 5.01. The van der Waals surface area contributed by atoms with E-state index in [1.54, 1.807) is 21.3 Å². The van der Waals surface area contributed by atoms with Crippen LogP contribution in [0.3, 0.4) is 0 Å². The van der Waals surface area contributed by atoms with Crippen molar-refractivity contribution < 1.29 is 19.0 Å². The van der Waals surface area contributed by atoms with Gasteiger partial charge in [-0.05, 0) is 49.9 Å². The Labute approximate surface area is 221 Å². The molecule has 3 aliphatic rings. The van der Waals surface area contributed by atoms with Crippen LogP contribution in [0, 0.1) is 0 Å². The number of nitrogens with zero attached hydrogens (tertiary/aromatic N) is 5. The van der Waals surface area contributed by atoms with Crippen molar-refractivity contribution in [1.82, 2.24) is 25.1 Å². The molecule has 2 saturated heterocycles. The first-order chi connectivity index (χ1) is 18.5. The molecule has 3 fully saturated rings. The topological polar surface area (TPSA) is 116 Å². The SMILES string of the molecule is CNC(=O)Nc1ccc(-c2nc(N3CC4CCC(C3)O4)c3cnn(C4CCC(OC)(OC)CC4)c3n2)cc1. The van der Waals surface area contributed by atoms with E-state index < -0.39 is 5.79 Å². The van der Waals surface area contributed by atoms with E-state index in [0.29, 0.717) is 11.5 Å². The number of urea groups is 1. The maximum atomic E-state index is 11.7. The van der Waals surface area contributed by atoms with E-state index in [9.17, 15) is 4.79 Å². The minimum atomic E-state index is -0.525. The third-order valence-corrected chi connectivity index (χ3v) is 8.21. The second-order valence-corrected chi connectivity index (χ2v) is 10.4. The Kier molecular flexibility index (Phi) is 6.67. The Morgan fingerprint density at radius 2 is 1.71 bits per heavy atom. The van der Waals surface area contributed by atoms with Crippen molar-refractivity contribution in [3.63, 3.8) is 0 Å². The first kappa shape index (κ1) is 25.0. The van der Waals surface area contributed by atoms with Gasteiger partial charge in [0.15, 0.2) is 17.3 Å². The van der Waals surface area contributed by atoms with Gasteiger partial charge in [0.25, 0.3) is 0 Å². The van der Waals surface area contributed by atoms with Crippen molar-refractivity contribution in [3.05, 3.63) is 30.5 Å². The van der Waals surface area contributed by atoms with E-state index in [0.717, 1.165) is 74.0 Å². The average Bonchev–Trinajstić information content (AvgIpc) is 3.54. The molecule has 2 aliphatic heterocycles. The molecule has 11 heteroatoms. The number of benzene rings is 1. The fourth-order valence-electron chi connectivity index (χ4n) is 6.01. The van der Waals surface area contributed by atoms with E-state index in [1.165, 1.54) is 0 Å². The molecule has 0 spiro atoms. The van der Waals surface area contributed by atoms with Gasteiger partial charge >= 0.3 is 6.03 Å². The van der Waals surface area contributed by atoms with Crippen LogP contribution in [-0.4, -0.2) is 78.1 Å². The number of anilines is 2. The van der Waals surface area contributed by atoms with Crippen molar-refractivity contribution in [3.8, 4) is 11.4 Å². The second-order valence-electron chi connectivity index (χ2n) is 10.4. The highest BCUT2D eigenvalue weighted by Crippen LogP contribution is 2.40. The lowest BCUT2D eigenvalue weighted by molar-refractivity contribution is -0.226. The first-order valence-corrected chi connectivity index (χ1v) is 13.4. The first-order valence-electron chi connectivity index (χ1n) is 13.4. The van der Waals surface area contributed by atoms with E-state index in [1.807, 2.05) is 30.5 Å². The van der Waals surface area contributed by atoms with Gasteiger partial charge in [0, 0.05) is 58.4 Å². The molecule has 0 radical (unpaired) electrons. The molecule has 11 nitrogen and oxygen atoms in total. The van der Waals surface area contributed by atoms with Gasteiger partial charge in [-0.1, -0.05) is 0 Å². The van der Waals surface area contributed by atoms with Crippen LogP contribution in [0.5, 0.6) is 0 Å². The fourth-order valence-corrected chi connectivity index (χ4v) is 6.01. The summed E-state index contributed by atoms with van der Waals surface area (Å²) >= 11 is 0. The molecule has 2 N–H and O–H groups in total. The fraction of sp³-hybridized carbons (Fsp3) is 0.556. The molecule has 2 atom stereocenters. The number of methoxy groups -OCH3 is 2. The smallest absolute Gasteiger partial charge is 0.318 e. The number of carbonyl (C=O) groups excluding carboxylic acids is 1. The number of rotatable bonds is 6. The third-order valence-electron chi connectivity index (χ3n) is 8.21. The number of carbonyl (C=O) groups is 1. The molecule has 2 amide bonds. The summed E-state index contributed by atoms with van der Waals surface area (Å²) in [4.78, 5) is 24.2. The molecule has 2 aromatic heterocycles. The Morgan fingerprint density at radius 3 is 2.34 bits per heavy atom. The Bertz CT molecular complexity index is 1280. The predicted octanol–water partition coefficient (Wildman–Crippen LogP) is 3.72. The minimum Gasteiger partial charge on any atom is -0.371 e. The third kappa shape index (κ3) is 4.59. The van der Waals surface area contributed by atoms with Crippen LogP contribution in [0.15, 0.2) is 30.5 Å². The Hall–Kier alpha value is -3.28. The van der Waals surface area contributed by atoms with Crippen molar-refractivity contribution in [2.75, 3.05) is 44.6 Å². The lowest BCUT2D eigenvalue weighted by atomic mass is 9.90. The zero-order chi connectivity index (χ0) is 26.3. The number of nitrogens with one attached hydrogen (secondary N) is 2. The number of fused-ring (bicyclic) bond motifs is 3. The van der Waals surface area contributed by atoms with Crippen molar-refractivity contribution >= 4 is 28.6 Å². The van der Waals surface area contributed by atoms with Gasteiger partial charge in [-0.3, -0.25) is 0 Å². The van der Waals surface area contributed by atoms with Crippen molar-refractivity contribution in [2.24, 2.45) is 0 Å². The highest BCUT2D eigenvalue weighted by molar-refractivity contribution is 5.90. The van der Waals surface area contributed by atoms with Crippen LogP contribution < -0.4 is 15.5 Å². The van der Waals surface area contributed by atoms with E-state index in [2.05, 4.69) is 20.2 Å². The molecule has 4 heterocycles. The number of hydrogen-bond acceptors (Lipinski definition) is 8. The van der Waals surface area contributed by atoms with E-state index in [-0.39, 0.29) is 24.3 Å². The molecule has 2 unspecified atom stereocenters. The van der Waals surface area contributed by atoms with Crippen LogP contribution >= 0.6 is 0 Å². The molecule has 3 aromatic rings. The molecule has 1 saturated carbocycles. The standard InChI is InChI=1S/C27H35N7O4/c1-28-26(35)30-18-6-4-17(5-7-18)23-31-24(33-15-20-8-9-21(16-33)38-20)22-14-29-34(25(22)32-23)19-10-12-27(36-2,37-3)13-11-19/h4-7,14,19-21H,8-13,15-16H2,1-3H3,(H2,28,30,35). The molecule has 38 heavy (non-hydrogen) atoms. The zero-order valence-electron chi connectivity index (χ0n) is 22.1. The van der Waals surface area contributed by atoms with Gasteiger partial charge in [-0.25, -0.2) is 19.4 Å². The number of hydrogen-bond donors (Lipinski definition) is 2. The largest absolute Gasteiger partial charge is 0.371 e. The maximum absolute atomic E-state index is 11.7. The summed E-state index contributed by atoms with van der Waals surface area (Å²) in [6, 6.07) is 7.53. The van der Waals surface area contributed by atoms with Crippen LogP contribution in [0.2, 0.25) is 0 Å². The van der Waals surface area contributed by atoms with Gasteiger partial charge in [0.05, 0.1) is 29.8 Å². The summed E-state index contributed by atoms with van der Waals surface area (Å²) in [5, 5.41) is 11.2. The number of ether oxygens (including phenoxy) is 3. The molecular formula is C27H35N7O4. The summed E-state index contributed by atoms with van der Waals surface area (Å²) in [6.45, 7) is 1.63. The minimum absolute atomic E-state index is 0.196. The Balaban J connectivity index is 1.38. The highest BCUT2D eigenvalue weighted by atomic mass is 16.7. The normalized spacial score (nSPS) is 23.1. The van der Waals surface area contributed by atoms with Crippen LogP contribution in [0.1, 0.15) is 44.6 Å². The summed E-state index contributed by atoms with van der Waals surface area (Å²) < 4.78 is 19.6. The summed E-state index contributed by atoms with van der Waals surface area (Å²) in [6.07, 6.45) is 7.92. The lowest BCUT2D eigenvalue weighted by Gasteiger charge is -2.37. The molecule has 1 aromatic carbocycles. The van der Waals surface area contributed by atoms with Gasteiger partial charge in [-0.2, -0.15) is 5.10 Å². The van der Waals surface area contributed by atoms with E-state index >= 15 is 0 Å². The number of morpholine rings is 1. The molecule has 1 aliphatic carbocycles. The monoisotopic (exact) mass is 521 g/mol. The van der Waals surface area contributed by atoms with E-state index in [4.69, 9.17) is 29.3 Å². The number of amides is 2. The summed E-state index contributed by atoms with van der Waals surface area (Å²) in [5.74, 6) is 1.02. The van der Waals surface area contributed by atoms with Crippen LogP contribution in [0.4, 0.5) is 16.3 Å². The predicted molar refractivity (Wildman–Crippen MR) is 143 cm³/mol. The zero-order valence-corrected chi connectivity index (χ0v) is 22.1.